The second-order valence-corrected chi connectivity index (χ2v) is 5.96. The molecule has 1 heterocycles. The van der Waals surface area contributed by atoms with Gasteiger partial charge in [0.1, 0.15) is 5.82 Å². The molecule has 1 aromatic heterocycles. The summed E-state index contributed by atoms with van der Waals surface area (Å²) in [5.74, 6) is 1.03. The molecule has 0 amide bonds. The lowest BCUT2D eigenvalue weighted by molar-refractivity contribution is 0.628. The number of thioether (sulfide) groups is 1. The molecule has 0 unspecified atom stereocenters. The van der Waals surface area contributed by atoms with Crippen molar-refractivity contribution in [2.45, 2.75) is 5.16 Å². The minimum absolute atomic E-state index is 0.288. The van der Waals surface area contributed by atoms with Gasteiger partial charge in [-0.05, 0) is 17.7 Å². The van der Waals surface area contributed by atoms with Crippen LogP contribution in [0.4, 0.5) is 4.39 Å². The van der Waals surface area contributed by atoms with Gasteiger partial charge in [-0.15, -0.1) is 10.2 Å². The fraction of sp³-hybridized carbons (Fsp3) is 0.111. The van der Waals surface area contributed by atoms with Gasteiger partial charge in [-0.3, -0.25) is 0 Å². The number of nitrogens with zero attached hydrogens (tertiary/aromatic N) is 3. The van der Waals surface area contributed by atoms with Crippen molar-refractivity contribution < 1.29 is 4.39 Å². The summed E-state index contributed by atoms with van der Waals surface area (Å²) in [5.41, 5.74) is 1.63. The van der Waals surface area contributed by atoms with E-state index in [0.29, 0.717) is 11.4 Å². The van der Waals surface area contributed by atoms with E-state index in [4.69, 9.17) is 0 Å². The average Bonchev–Trinajstić information content (AvgIpc) is 2.94. The Kier molecular flexibility index (Phi) is 4.88. The highest BCUT2D eigenvalue weighted by Gasteiger charge is 2.13. The van der Waals surface area contributed by atoms with Crippen molar-refractivity contribution in [1.29, 1.82) is 0 Å². The topological polar surface area (TPSA) is 30.7 Å². The zero-order chi connectivity index (χ0) is 16.1. The first-order valence-electron chi connectivity index (χ1n) is 7.24. The van der Waals surface area contributed by atoms with Gasteiger partial charge in [-0.2, -0.15) is 0 Å². The summed E-state index contributed by atoms with van der Waals surface area (Å²) in [6, 6.07) is 16.7. The Morgan fingerprint density at radius 2 is 1.78 bits per heavy atom. The fourth-order valence-corrected chi connectivity index (χ4v) is 2.91. The highest BCUT2D eigenvalue weighted by Crippen LogP contribution is 2.24. The lowest BCUT2D eigenvalue weighted by atomic mass is 10.2. The molecule has 116 valence electrons. The standard InChI is InChI=1S/C18H16FN3S/c1-22-17(15-11-5-6-12-16(15)19)20-21-18(22)23-13-7-10-14-8-3-2-4-9-14/h2-12H,13H2,1H3. The van der Waals surface area contributed by atoms with Gasteiger partial charge in [0.2, 0.25) is 0 Å². The third-order valence-electron chi connectivity index (χ3n) is 3.37. The molecule has 0 fully saturated rings. The Hall–Kier alpha value is -2.40. The second kappa shape index (κ2) is 7.24. The van der Waals surface area contributed by atoms with Crippen molar-refractivity contribution >= 4 is 17.8 Å². The van der Waals surface area contributed by atoms with Crippen LogP contribution in [-0.2, 0) is 7.05 Å². The van der Waals surface area contributed by atoms with E-state index in [1.807, 2.05) is 29.8 Å². The second-order valence-electron chi connectivity index (χ2n) is 4.97. The van der Waals surface area contributed by atoms with Crippen LogP contribution < -0.4 is 0 Å². The molecule has 0 spiro atoms. The minimum atomic E-state index is -0.288. The number of aromatic nitrogens is 3. The third kappa shape index (κ3) is 3.68. The molecule has 3 rings (SSSR count). The quantitative estimate of drug-likeness (QED) is 0.650. The zero-order valence-corrected chi connectivity index (χ0v) is 13.5. The van der Waals surface area contributed by atoms with Gasteiger partial charge in [-0.25, -0.2) is 4.39 Å². The molecule has 3 aromatic rings. The third-order valence-corrected chi connectivity index (χ3v) is 4.34. The van der Waals surface area contributed by atoms with Crippen LogP contribution in [0.5, 0.6) is 0 Å². The molecule has 5 heteroatoms. The van der Waals surface area contributed by atoms with E-state index in [9.17, 15) is 4.39 Å². The van der Waals surface area contributed by atoms with Gasteiger partial charge < -0.3 is 4.57 Å². The average molecular weight is 325 g/mol. The van der Waals surface area contributed by atoms with Crippen LogP contribution in [-0.4, -0.2) is 20.5 Å². The predicted molar refractivity (Wildman–Crippen MR) is 92.6 cm³/mol. The van der Waals surface area contributed by atoms with E-state index in [0.717, 1.165) is 16.5 Å². The monoisotopic (exact) mass is 325 g/mol. The van der Waals surface area contributed by atoms with Crippen LogP contribution in [0.1, 0.15) is 5.56 Å². The maximum atomic E-state index is 13.9. The first kappa shape index (κ1) is 15.5. The fourth-order valence-electron chi connectivity index (χ4n) is 2.19. The van der Waals surface area contributed by atoms with E-state index >= 15 is 0 Å². The molecular formula is C18H16FN3S. The Morgan fingerprint density at radius 3 is 2.57 bits per heavy atom. The van der Waals surface area contributed by atoms with Crippen LogP contribution in [0.3, 0.4) is 0 Å². The van der Waals surface area contributed by atoms with Gasteiger partial charge in [0, 0.05) is 12.8 Å². The van der Waals surface area contributed by atoms with Crippen LogP contribution in [0.25, 0.3) is 17.5 Å². The van der Waals surface area contributed by atoms with Crippen molar-refractivity contribution in [3.63, 3.8) is 0 Å². The highest BCUT2D eigenvalue weighted by molar-refractivity contribution is 7.99. The number of benzene rings is 2. The van der Waals surface area contributed by atoms with E-state index in [1.54, 1.807) is 30.0 Å². The smallest absolute Gasteiger partial charge is 0.191 e. The number of rotatable bonds is 5. The molecule has 0 bridgehead atoms. The Morgan fingerprint density at radius 1 is 1.04 bits per heavy atom. The summed E-state index contributed by atoms with van der Waals surface area (Å²) >= 11 is 1.57. The minimum Gasteiger partial charge on any atom is -0.305 e. The maximum absolute atomic E-state index is 13.9. The molecule has 0 saturated carbocycles. The summed E-state index contributed by atoms with van der Waals surface area (Å²) in [7, 11) is 1.85. The number of hydrogen-bond acceptors (Lipinski definition) is 3. The number of halogens is 1. The van der Waals surface area contributed by atoms with Gasteiger partial charge in [0.25, 0.3) is 0 Å². The molecule has 3 nitrogen and oxygen atoms in total. The van der Waals surface area contributed by atoms with Gasteiger partial charge >= 0.3 is 0 Å². The molecule has 0 aliphatic rings. The molecular weight excluding hydrogens is 309 g/mol. The molecule has 0 aliphatic heterocycles. The predicted octanol–water partition coefficient (Wildman–Crippen LogP) is 4.43. The summed E-state index contributed by atoms with van der Waals surface area (Å²) in [6.07, 6.45) is 4.15. The number of hydrogen-bond donors (Lipinski definition) is 0. The van der Waals surface area contributed by atoms with Crippen molar-refractivity contribution in [3.05, 3.63) is 72.1 Å². The molecule has 0 saturated heterocycles. The summed E-state index contributed by atoms with van der Waals surface area (Å²) < 4.78 is 15.7. The zero-order valence-electron chi connectivity index (χ0n) is 12.7. The SMILES string of the molecule is Cn1c(SCC=Cc2ccccc2)nnc1-c1ccccc1F. The molecule has 0 aliphatic carbocycles. The maximum Gasteiger partial charge on any atom is 0.191 e. The van der Waals surface area contributed by atoms with E-state index in [-0.39, 0.29) is 5.82 Å². The summed E-state index contributed by atoms with van der Waals surface area (Å²) in [5, 5.41) is 9.03. The lowest BCUT2D eigenvalue weighted by Crippen LogP contribution is -1.96. The Bertz CT molecular complexity index is 812. The molecule has 2 aromatic carbocycles. The van der Waals surface area contributed by atoms with Crippen molar-refractivity contribution in [1.82, 2.24) is 14.8 Å². The van der Waals surface area contributed by atoms with Crippen LogP contribution in [0, 0.1) is 5.82 Å². The normalized spacial score (nSPS) is 11.2. The summed E-state index contributed by atoms with van der Waals surface area (Å²) in [6.45, 7) is 0. The summed E-state index contributed by atoms with van der Waals surface area (Å²) in [4.78, 5) is 0. The van der Waals surface area contributed by atoms with Crippen LogP contribution >= 0.6 is 11.8 Å². The molecule has 0 N–H and O–H groups in total. The lowest BCUT2D eigenvalue weighted by Gasteiger charge is -2.03. The highest BCUT2D eigenvalue weighted by atomic mass is 32.2. The van der Waals surface area contributed by atoms with Gasteiger partial charge in [0.05, 0.1) is 5.56 Å². The van der Waals surface area contributed by atoms with Crippen molar-refractivity contribution in [3.8, 4) is 11.4 Å². The van der Waals surface area contributed by atoms with E-state index in [2.05, 4.69) is 34.5 Å². The van der Waals surface area contributed by atoms with Crippen LogP contribution in [0.15, 0.2) is 65.8 Å². The van der Waals surface area contributed by atoms with E-state index < -0.39 is 0 Å². The van der Waals surface area contributed by atoms with Crippen LogP contribution in [0.2, 0.25) is 0 Å². The molecule has 0 radical (unpaired) electrons. The molecule has 0 atom stereocenters. The Balaban J connectivity index is 1.68. The first-order valence-corrected chi connectivity index (χ1v) is 8.23. The van der Waals surface area contributed by atoms with Gasteiger partial charge in [0.15, 0.2) is 11.0 Å². The first-order chi connectivity index (χ1) is 11.3. The Labute approximate surface area is 138 Å². The molecule has 23 heavy (non-hydrogen) atoms. The largest absolute Gasteiger partial charge is 0.305 e. The van der Waals surface area contributed by atoms with Gasteiger partial charge in [-0.1, -0.05) is 66.4 Å². The van der Waals surface area contributed by atoms with Crippen molar-refractivity contribution in [2.24, 2.45) is 7.05 Å². The van der Waals surface area contributed by atoms with E-state index in [1.165, 1.54) is 6.07 Å². The van der Waals surface area contributed by atoms with Crippen molar-refractivity contribution in [2.75, 3.05) is 5.75 Å².